The first-order valence-corrected chi connectivity index (χ1v) is 12.3. The summed E-state index contributed by atoms with van der Waals surface area (Å²) in [7, 11) is -3.96. The van der Waals surface area contributed by atoms with Gasteiger partial charge in [-0.3, -0.25) is 4.79 Å². The average molecular weight is 538 g/mol. The van der Waals surface area contributed by atoms with Gasteiger partial charge in [0.05, 0.1) is 32.3 Å². The first-order chi connectivity index (χ1) is 16.5. The number of sulfonamides is 1. The zero-order valence-corrected chi connectivity index (χ0v) is 20.5. The number of hydrogen-bond acceptors (Lipinski definition) is 6. The van der Waals surface area contributed by atoms with E-state index in [9.17, 15) is 18.5 Å². The summed E-state index contributed by atoms with van der Waals surface area (Å²) in [4.78, 5) is 12.0. The summed E-state index contributed by atoms with van der Waals surface area (Å²) in [6.07, 6.45) is 0.634. The van der Waals surface area contributed by atoms with Crippen molar-refractivity contribution < 1.29 is 27.1 Å². The Morgan fingerprint density at radius 2 is 1.89 bits per heavy atom. The lowest BCUT2D eigenvalue weighted by molar-refractivity contribution is -0.118. The van der Waals surface area contributed by atoms with E-state index in [0.717, 1.165) is 11.6 Å². The van der Waals surface area contributed by atoms with Crippen LogP contribution in [0.15, 0.2) is 53.4 Å². The number of carbonyl (C=O) groups is 1. The fraction of sp³-hybridized carbons (Fsp3) is 0.130. The van der Waals surface area contributed by atoms with Crippen molar-refractivity contribution in [1.29, 1.82) is 5.26 Å². The van der Waals surface area contributed by atoms with Crippen molar-refractivity contribution in [2.45, 2.75) is 18.2 Å². The van der Waals surface area contributed by atoms with Crippen LogP contribution < -0.4 is 19.9 Å². The molecule has 0 saturated carbocycles. The van der Waals surface area contributed by atoms with Crippen LogP contribution in [0.3, 0.4) is 0 Å². The van der Waals surface area contributed by atoms with Gasteiger partial charge in [0.1, 0.15) is 5.75 Å². The van der Waals surface area contributed by atoms with Gasteiger partial charge in [-0.1, -0.05) is 30.1 Å². The number of nitriles is 1. The highest BCUT2D eigenvalue weighted by molar-refractivity contribution is 7.89. The molecule has 35 heavy (non-hydrogen) atoms. The van der Waals surface area contributed by atoms with Crippen LogP contribution in [0.4, 0.5) is 10.1 Å². The number of nitrogens with zero attached hydrogens (tertiary/aromatic N) is 1. The van der Waals surface area contributed by atoms with Crippen molar-refractivity contribution in [1.82, 2.24) is 0 Å². The van der Waals surface area contributed by atoms with Crippen LogP contribution in [-0.2, 0) is 21.2 Å². The van der Waals surface area contributed by atoms with Crippen LogP contribution >= 0.6 is 23.2 Å². The Hall–Kier alpha value is -3.36. The lowest BCUT2D eigenvalue weighted by atomic mass is 10.1. The van der Waals surface area contributed by atoms with Crippen molar-refractivity contribution >= 4 is 44.8 Å². The van der Waals surface area contributed by atoms with Gasteiger partial charge in [-0.2, -0.15) is 9.65 Å². The highest BCUT2D eigenvalue weighted by atomic mass is 35.5. The molecule has 0 aromatic heterocycles. The van der Waals surface area contributed by atoms with Gasteiger partial charge < -0.3 is 14.8 Å². The van der Waals surface area contributed by atoms with Gasteiger partial charge in [-0.25, -0.2) is 13.6 Å². The molecule has 0 radical (unpaired) electrons. The molecule has 8 nitrogen and oxygen atoms in total. The largest absolute Gasteiger partial charge is 0.481 e. The van der Waals surface area contributed by atoms with E-state index in [1.165, 1.54) is 30.3 Å². The van der Waals surface area contributed by atoms with Crippen molar-refractivity contribution in [3.05, 3.63) is 75.5 Å². The number of rotatable bonds is 8. The van der Waals surface area contributed by atoms with E-state index in [1.807, 2.05) is 13.0 Å². The standard InChI is InChI=1S/C23H18Cl2FN3O5S/c1-2-13-7-14(11-27)9-15(8-13)34-23-17(24)4-6-20(22(23)26)33-12-21(30)29-19-5-3-16(10-18(19)25)35(28,31)32/h3-10H,2,12H2,1H3,(H,29,30)(H2,28,31,32). The van der Waals surface area contributed by atoms with Crippen LogP contribution in [-0.4, -0.2) is 20.9 Å². The maximum Gasteiger partial charge on any atom is 0.262 e. The van der Waals surface area contributed by atoms with Crippen molar-refractivity contribution in [2.75, 3.05) is 11.9 Å². The summed E-state index contributed by atoms with van der Waals surface area (Å²) in [6.45, 7) is 1.30. The second-order valence-electron chi connectivity index (χ2n) is 7.15. The van der Waals surface area contributed by atoms with Crippen molar-refractivity contribution in [3.8, 4) is 23.3 Å². The maximum atomic E-state index is 15.1. The van der Waals surface area contributed by atoms with Gasteiger partial charge in [0.15, 0.2) is 18.1 Å². The highest BCUT2D eigenvalue weighted by Gasteiger charge is 2.18. The summed E-state index contributed by atoms with van der Waals surface area (Å²) < 4.78 is 48.7. The third kappa shape index (κ3) is 6.61. The molecule has 0 unspecified atom stereocenters. The Morgan fingerprint density at radius 3 is 2.51 bits per heavy atom. The Morgan fingerprint density at radius 1 is 1.14 bits per heavy atom. The van der Waals surface area contributed by atoms with Gasteiger partial charge in [0, 0.05) is 0 Å². The highest BCUT2D eigenvalue weighted by Crippen LogP contribution is 2.37. The molecule has 0 atom stereocenters. The number of carbonyl (C=O) groups excluding carboxylic acids is 1. The molecule has 0 heterocycles. The second-order valence-corrected chi connectivity index (χ2v) is 9.52. The average Bonchev–Trinajstić information content (AvgIpc) is 2.81. The number of amides is 1. The number of anilines is 1. The summed E-state index contributed by atoms with van der Waals surface area (Å²) >= 11 is 12.1. The molecule has 0 aliphatic heterocycles. The van der Waals surface area contributed by atoms with Gasteiger partial charge in [-0.05, 0) is 60.5 Å². The Labute approximate surface area is 211 Å². The number of halogens is 3. The molecule has 3 rings (SSSR count). The van der Waals surface area contributed by atoms with Crippen LogP contribution in [0.1, 0.15) is 18.1 Å². The molecule has 182 valence electrons. The molecule has 3 N–H and O–H groups in total. The van der Waals surface area contributed by atoms with Crippen LogP contribution in [0.5, 0.6) is 17.2 Å². The van der Waals surface area contributed by atoms with E-state index in [1.54, 1.807) is 12.1 Å². The number of aryl methyl sites for hydroxylation is 1. The maximum absolute atomic E-state index is 15.1. The topological polar surface area (TPSA) is 132 Å². The van der Waals surface area contributed by atoms with E-state index >= 15 is 4.39 Å². The third-order valence-electron chi connectivity index (χ3n) is 4.64. The lowest BCUT2D eigenvalue weighted by Gasteiger charge is -2.14. The minimum absolute atomic E-state index is 0.0403. The predicted molar refractivity (Wildman–Crippen MR) is 129 cm³/mol. The first kappa shape index (κ1) is 26.2. The Balaban J connectivity index is 1.74. The number of ether oxygens (including phenoxy) is 2. The van der Waals surface area contributed by atoms with Gasteiger partial charge >= 0.3 is 0 Å². The van der Waals surface area contributed by atoms with E-state index in [0.29, 0.717) is 12.0 Å². The minimum Gasteiger partial charge on any atom is -0.481 e. The smallest absolute Gasteiger partial charge is 0.262 e. The van der Waals surface area contributed by atoms with Crippen molar-refractivity contribution in [2.24, 2.45) is 5.14 Å². The summed E-state index contributed by atoms with van der Waals surface area (Å²) in [5, 5.41) is 16.6. The fourth-order valence-corrected chi connectivity index (χ4v) is 3.95. The molecular formula is C23H18Cl2FN3O5S. The minimum atomic E-state index is -3.96. The summed E-state index contributed by atoms with van der Waals surface area (Å²) in [5.41, 5.74) is 1.27. The second kappa shape index (κ2) is 10.9. The van der Waals surface area contributed by atoms with Crippen LogP contribution in [0.25, 0.3) is 0 Å². The normalized spacial score (nSPS) is 11.0. The number of nitrogens with two attached hydrogens (primary N) is 1. The molecule has 0 aliphatic rings. The SMILES string of the molecule is CCc1cc(C#N)cc(Oc2c(Cl)ccc(OCC(=O)Nc3ccc(S(N)(=O)=O)cc3Cl)c2F)c1. The van der Waals surface area contributed by atoms with E-state index in [2.05, 4.69) is 5.32 Å². The number of hydrogen-bond donors (Lipinski definition) is 2. The van der Waals surface area contributed by atoms with Gasteiger partial charge in [0.2, 0.25) is 15.8 Å². The van der Waals surface area contributed by atoms with E-state index < -0.39 is 28.4 Å². The molecule has 0 bridgehead atoms. The van der Waals surface area contributed by atoms with Gasteiger partial charge in [-0.15, -0.1) is 0 Å². The third-order valence-corrected chi connectivity index (χ3v) is 6.16. The Kier molecular flexibility index (Phi) is 8.19. The zero-order valence-electron chi connectivity index (χ0n) is 18.1. The summed E-state index contributed by atoms with van der Waals surface area (Å²) in [6, 6.07) is 12.9. The molecular weight excluding hydrogens is 520 g/mol. The van der Waals surface area contributed by atoms with E-state index in [4.69, 9.17) is 37.8 Å². The van der Waals surface area contributed by atoms with Crippen LogP contribution in [0, 0.1) is 17.1 Å². The molecule has 12 heteroatoms. The lowest BCUT2D eigenvalue weighted by Crippen LogP contribution is -2.21. The monoisotopic (exact) mass is 537 g/mol. The molecule has 3 aromatic rings. The molecule has 1 amide bonds. The number of benzene rings is 3. The zero-order chi connectivity index (χ0) is 25.8. The van der Waals surface area contributed by atoms with Gasteiger partial charge in [0.25, 0.3) is 5.91 Å². The number of nitrogens with one attached hydrogen (secondary N) is 1. The molecule has 3 aromatic carbocycles. The van der Waals surface area contributed by atoms with Crippen LogP contribution in [0.2, 0.25) is 10.0 Å². The molecule has 0 fully saturated rings. The molecule has 0 aliphatic carbocycles. The molecule has 0 saturated heterocycles. The van der Waals surface area contributed by atoms with Crippen molar-refractivity contribution in [3.63, 3.8) is 0 Å². The van der Waals surface area contributed by atoms with E-state index in [-0.39, 0.29) is 37.9 Å². The summed E-state index contributed by atoms with van der Waals surface area (Å²) in [5.74, 6) is -2.05. The Bertz CT molecular complexity index is 1440. The number of primary sulfonamides is 1. The fourth-order valence-electron chi connectivity index (χ4n) is 2.93. The quantitative estimate of drug-likeness (QED) is 0.414. The predicted octanol–water partition coefficient (Wildman–Crippen LogP) is 5.02. The first-order valence-electron chi connectivity index (χ1n) is 9.96. The molecule has 0 spiro atoms.